The Labute approximate surface area is 61.7 Å². The number of aldehydes is 1. The van der Waals surface area contributed by atoms with Gasteiger partial charge in [-0.1, -0.05) is 0 Å². The van der Waals surface area contributed by atoms with Crippen LogP contribution in [0.5, 0.6) is 0 Å². The highest BCUT2D eigenvalue weighted by Gasteiger charge is 2.29. The molecule has 0 spiro atoms. The first kappa shape index (κ1) is 10.0. The average molecular weight is 164 g/mol. The van der Waals surface area contributed by atoms with E-state index in [9.17, 15) is 9.59 Å². The lowest BCUT2D eigenvalue weighted by Gasteiger charge is -2.14. The summed E-state index contributed by atoms with van der Waals surface area (Å²) in [6.45, 7) is 0. The van der Waals surface area contributed by atoms with Crippen LogP contribution in [-0.2, 0) is 9.59 Å². The quantitative estimate of drug-likeness (QED) is 0.337. The van der Waals surface area contributed by atoms with Gasteiger partial charge in [0.25, 0.3) is 0 Å². The topological polar surface area (TPSA) is 115 Å². The third-order valence-corrected chi connectivity index (χ3v) is 1.07. The van der Waals surface area contributed by atoms with Crippen molar-refractivity contribution in [1.82, 2.24) is 0 Å². The highest BCUT2D eigenvalue weighted by Crippen LogP contribution is 1.97. The number of hydrogen-bond donors (Lipinski definition) is 4. The van der Waals surface area contributed by atoms with E-state index in [1.807, 2.05) is 0 Å². The van der Waals surface area contributed by atoms with Gasteiger partial charge in [0.1, 0.15) is 12.2 Å². The number of carbonyl (C=O) groups is 2. The lowest BCUT2D eigenvalue weighted by molar-refractivity contribution is -0.158. The Morgan fingerprint density at radius 2 is 1.73 bits per heavy atom. The molecule has 0 unspecified atom stereocenters. The van der Waals surface area contributed by atoms with Gasteiger partial charge in [-0.3, -0.25) is 0 Å². The van der Waals surface area contributed by atoms with Crippen LogP contribution in [0.15, 0.2) is 0 Å². The van der Waals surface area contributed by atoms with E-state index in [4.69, 9.17) is 20.4 Å². The molecule has 0 aromatic rings. The molecular formula is C5H8O6. The molecule has 0 aromatic heterocycles. The van der Waals surface area contributed by atoms with E-state index >= 15 is 0 Å². The number of carbonyl (C=O) groups excluding carboxylic acids is 1. The van der Waals surface area contributed by atoms with E-state index in [0.717, 1.165) is 0 Å². The monoisotopic (exact) mass is 164 g/mol. The summed E-state index contributed by atoms with van der Waals surface area (Å²) in [5.74, 6) is -1.70. The molecule has 0 fully saturated rings. The molecule has 0 bridgehead atoms. The summed E-state index contributed by atoms with van der Waals surface area (Å²) in [6, 6.07) is 0. The molecule has 3 atom stereocenters. The van der Waals surface area contributed by atoms with Crippen molar-refractivity contribution in [3.05, 3.63) is 0 Å². The predicted molar refractivity (Wildman–Crippen MR) is 31.7 cm³/mol. The van der Waals surface area contributed by atoms with Crippen molar-refractivity contribution in [2.24, 2.45) is 0 Å². The molecule has 0 aromatic carbocycles. The van der Waals surface area contributed by atoms with Crippen LogP contribution in [0.3, 0.4) is 0 Å². The maximum atomic E-state index is 9.92. The zero-order valence-corrected chi connectivity index (χ0v) is 5.41. The Hall–Kier alpha value is -0.980. The van der Waals surface area contributed by atoms with Crippen LogP contribution in [-0.4, -0.2) is 51.0 Å². The zero-order valence-electron chi connectivity index (χ0n) is 5.41. The molecule has 0 aliphatic carbocycles. The normalized spacial score (nSPS) is 18.5. The third kappa shape index (κ3) is 2.62. The van der Waals surface area contributed by atoms with E-state index in [1.165, 1.54) is 0 Å². The Balaban J connectivity index is 4.11. The number of aliphatic hydroxyl groups excluding tert-OH is 3. The third-order valence-electron chi connectivity index (χ3n) is 1.07. The van der Waals surface area contributed by atoms with Crippen LogP contribution in [0.2, 0.25) is 0 Å². The van der Waals surface area contributed by atoms with Crippen LogP contribution in [0.25, 0.3) is 0 Å². The molecule has 4 N–H and O–H groups in total. The largest absolute Gasteiger partial charge is 0.479 e. The summed E-state index contributed by atoms with van der Waals surface area (Å²) in [5.41, 5.74) is 0. The van der Waals surface area contributed by atoms with Crippen molar-refractivity contribution >= 4 is 12.3 Å². The smallest absolute Gasteiger partial charge is 0.335 e. The maximum absolute atomic E-state index is 9.92. The van der Waals surface area contributed by atoms with Gasteiger partial charge in [-0.05, 0) is 0 Å². The van der Waals surface area contributed by atoms with Gasteiger partial charge in [-0.2, -0.15) is 0 Å². The highest BCUT2D eigenvalue weighted by molar-refractivity contribution is 5.74. The fourth-order valence-electron chi connectivity index (χ4n) is 0.413. The molecule has 0 amide bonds. The molecule has 0 aliphatic heterocycles. The second kappa shape index (κ2) is 4.02. The van der Waals surface area contributed by atoms with Gasteiger partial charge in [0.05, 0.1) is 0 Å². The lowest BCUT2D eigenvalue weighted by Crippen LogP contribution is -2.42. The summed E-state index contributed by atoms with van der Waals surface area (Å²) in [5, 5.41) is 33.7. The molecule has 0 aliphatic rings. The van der Waals surface area contributed by atoms with E-state index < -0.39 is 24.3 Å². The van der Waals surface area contributed by atoms with E-state index in [2.05, 4.69) is 0 Å². The van der Waals surface area contributed by atoms with Gasteiger partial charge in [-0.25, -0.2) is 4.79 Å². The standard InChI is InChI=1S/C5H8O6/c6-1-2(7)3(8)4(9)5(10)11/h1-4,7-9H,(H,10,11)/t2-,3-,4+/m1/s1. The van der Waals surface area contributed by atoms with E-state index in [0.29, 0.717) is 0 Å². The number of carboxylic acids is 1. The minimum Gasteiger partial charge on any atom is -0.479 e. The van der Waals surface area contributed by atoms with Gasteiger partial charge < -0.3 is 25.2 Å². The minimum atomic E-state index is -2.14. The predicted octanol–water partition coefficient (Wildman–Crippen LogP) is -2.65. The second-order valence-electron chi connectivity index (χ2n) is 1.90. The maximum Gasteiger partial charge on any atom is 0.335 e. The van der Waals surface area contributed by atoms with Gasteiger partial charge in [0.15, 0.2) is 12.4 Å². The van der Waals surface area contributed by atoms with Crippen LogP contribution >= 0.6 is 0 Å². The van der Waals surface area contributed by atoms with Crippen molar-refractivity contribution in [2.45, 2.75) is 18.3 Å². The molecule has 64 valence electrons. The molecule has 0 saturated carbocycles. The fourth-order valence-corrected chi connectivity index (χ4v) is 0.413. The molecular weight excluding hydrogens is 156 g/mol. The number of aliphatic hydroxyl groups is 3. The number of rotatable bonds is 4. The van der Waals surface area contributed by atoms with Gasteiger partial charge >= 0.3 is 5.97 Å². The lowest BCUT2D eigenvalue weighted by atomic mass is 10.1. The van der Waals surface area contributed by atoms with Crippen LogP contribution < -0.4 is 0 Å². The van der Waals surface area contributed by atoms with Crippen molar-refractivity contribution in [2.75, 3.05) is 0 Å². The first-order valence-corrected chi connectivity index (χ1v) is 2.73. The van der Waals surface area contributed by atoms with Crippen molar-refractivity contribution < 1.29 is 30.0 Å². The van der Waals surface area contributed by atoms with Gasteiger partial charge in [0, 0.05) is 0 Å². The van der Waals surface area contributed by atoms with Crippen molar-refractivity contribution in [1.29, 1.82) is 0 Å². The molecule has 0 heterocycles. The summed E-state index contributed by atoms with van der Waals surface area (Å²) in [6.07, 6.45) is -6.06. The Morgan fingerprint density at radius 1 is 1.27 bits per heavy atom. The zero-order chi connectivity index (χ0) is 9.02. The molecule has 0 saturated heterocycles. The molecule has 0 rings (SSSR count). The van der Waals surface area contributed by atoms with Crippen LogP contribution in [0.4, 0.5) is 0 Å². The van der Waals surface area contributed by atoms with Crippen molar-refractivity contribution in [3.63, 3.8) is 0 Å². The van der Waals surface area contributed by atoms with Crippen molar-refractivity contribution in [3.8, 4) is 0 Å². The molecule has 6 heteroatoms. The molecule has 0 radical (unpaired) electrons. The summed E-state index contributed by atoms with van der Waals surface area (Å²) < 4.78 is 0. The SMILES string of the molecule is O=C[C@@H](O)[C@@H](O)[C@H](O)C(=O)O. The Morgan fingerprint density at radius 3 is 2.00 bits per heavy atom. The summed E-state index contributed by atoms with van der Waals surface area (Å²) in [7, 11) is 0. The Bertz CT molecular complexity index is 155. The van der Waals surface area contributed by atoms with Gasteiger partial charge in [0.2, 0.25) is 0 Å². The van der Waals surface area contributed by atoms with Gasteiger partial charge in [-0.15, -0.1) is 0 Å². The summed E-state index contributed by atoms with van der Waals surface area (Å²) in [4.78, 5) is 19.7. The average Bonchev–Trinajstić information content (AvgIpc) is 2.00. The summed E-state index contributed by atoms with van der Waals surface area (Å²) >= 11 is 0. The number of aliphatic carboxylic acids is 1. The second-order valence-corrected chi connectivity index (χ2v) is 1.90. The minimum absolute atomic E-state index is 0.0587. The van der Waals surface area contributed by atoms with E-state index in [-0.39, 0.29) is 6.29 Å². The first-order valence-electron chi connectivity index (χ1n) is 2.73. The Kier molecular flexibility index (Phi) is 3.66. The number of carboxylic acid groups (broad SMARTS) is 1. The molecule has 6 nitrogen and oxygen atoms in total. The van der Waals surface area contributed by atoms with E-state index in [1.54, 1.807) is 0 Å². The first-order chi connectivity index (χ1) is 5.00. The van der Waals surface area contributed by atoms with Crippen LogP contribution in [0.1, 0.15) is 0 Å². The molecule has 11 heavy (non-hydrogen) atoms. The number of hydrogen-bond acceptors (Lipinski definition) is 5. The van der Waals surface area contributed by atoms with Crippen LogP contribution in [0, 0.1) is 0 Å². The highest BCUT2D eigenvalue weighted by atomic mass is 16.4. The fraction of sp³-hybridized carbons (Fsp3) is 0.600.